The number of likely N-dealkylation sites (N-methyl/N-ethyl adjacent to an activating group) is 1. The van der Waals surface area contributed by atoms with Crippen LogP contribution in [0.4, 0.5) is 0 Å². The largest absolute Gasteiger partial charge is 0.472 e. The Bertz CT molecular complexity index is 1590. The van der Waals surface area contributed by atoms with Crippen LogP contribution in [-0.2, 0) is 18.4 Å². The topological polar surface area (TPSA) is 105 Å². The van der Waals surface area contributed by atoms with E-state index in [1.165, 1.54) is 25.7 Å². The summed E-state index contributed by atoms with van der Waals surface area (Å²) in [5.74, 6) is -0.220. The lowest BCUT2D eigenvalue weighted by molar-refractivity contribution is -0.870. The quantitative estimate of drug-likeness (QED) is 0.0243. The molecule has 0 aliphatic heterocycles. The summed E-state index contributed by atoms with van der Waals surface area (Å²) in [4.78, 5) is 23.1. The van der Waals surface area contributed by atoms with Crippen LogP contribution in [0.25, 0.3) is 0 Å². The molecule has 0 saturated carbocycles. The molecule has 67 heavy (non-hydrogen) atoms. The lowest BCUT2D eigenvalue weighted by atomic mass is 10.1. The molecule has 0 saturated heterocycles. The van der Waals surface area contributed by atoms with Crippen molar-refractivity contribution in [1.29, 1.82) is 0 Å². The smallest absolute Gasteiger partial charge is 0.387 e. The summed E-state index contributed by atoms with van der Waals surface area (Å²) in [7, 11) is 1.52. The number of amides is 1. The average Bonchev–Trinajstić information content (AvgIpc) is 3.29. The number of carbonyl (C=O) groups is 1. The molecule has 0 heterocycles. The van der Waals surface area contributed by atoms with E-state index < -0.39 is 20.0 Å². The molecule has 0 aromatic rings. The molecular weight excluding hydrogens is 852 g/mol. The van der Waals surface area contributed by atoms with Crippen molar-refractivity contribution in [3.05, 3.63) is 146 Å². The molecule has 0 aliphatic rings. The summed E-state index contributed by atoms with van der Waals surface area (Å²) in [5, 5.41) is 13.7. The molecule has 0 spiro atoms. The van der Waals surface area contributed by atoms with Gasteiger partial charge in [-0.25, -0.2) is 4.57 Å². The number of hydrogen-bond acceptors (Lipinski definition) is 5. The third-order valence-corrected chi connectivity index (χ3v) is 11.3. The van der Waals surface area contributed by atoms with E-state index in [-0.39, 0.29) is 19.1 Å². The van der Waals surface area contributed by atoms with Crippen LogP contribution in [0.5, 0.6) is 0 Å². The Balaban J connectivity index is 4.19. The first-order valence-electron chi connectivity index (χ1n) is 25.7. The molecule has 0 aromatic heterocycles. The van der Waals surface area contributed by atoms with Crippen molar-refractivity contribution in [1.82, 2.24) is 5.32 Å². The molecule has 8 nitrogen and oxygen atoms in total. The number of nitrogens with one attached hydrogen (secondary N) is 1. The number of phosphoric acid groups is 1. The maximum Gasteiger partial charge on any atom is 0.472 e. The molecule has 9 heteroatoms. The zero-order valence-corrected chi connectivity index (χ0v) is 43.7. The monoisotopic (exact) mass is 948 g/mol. The van der Waals surface area contributed by atoms with Crippen LogP contribution in [0.2, 0.25) is 0 Å². The first kappa shape index (κ1) is 63.4. The average molecular weight is 948 g/mol. The number of allylic oxidation sites excluding steroid dienone is 23. The lowest BCUT2D eigenvalue weighted by Crippen LogP contribution is -2.45. The maximum atomic E-state index is 12.8. The number of hydrogen-bond donors (Lipinski definition) is 3. The van der Waals surface area contributed by atoms with Crippen LogP contribution in [0.15, 0.2) is 146 Å². The highest BCUT2D eigenvalue weighted by atomic mass is 31.2. The summed E-state index contributed by atoms with van der Waals surface area (Å²) in [5.41, 5.74) is 0. The molecule has 0 aromatic carbocycles. The zero-order chi connectivity index (χ0) is 49.2. The fourth-order valence-electron chi connectivity index (χ4n) is 6.28. The van der Waals surface area contributed by atoms with Crippen molar-refractivity contribution in [2.75, 3.05) is 40.9 Å². The van der Waals surface area contributed by atoms with Crippen molar-refractivity contribution in [3.8, 4) is 0 Å². The number of nitrogens with zero attached hydrogens (tertiary/aromatic N) is 1. The van der Waals surface area contributed by atoms with Gasteiger partial charge in [0.1, 0.15) is 13.2 Å². The van der Waals surface area contributed by atoms with Gasteiger partial charge in [-0.1, -0.05) is 198 Å². The molecule has 0 radical (unpaired) electrons. The van der Waals surface area contributed by atoms with Crippen LogP contribution >= 0.6 is 7.82 Å². The zero-order valence-electron chi connectivity index (χ0n) is 42.8. The van der Waals surface area contributed by atoms with Gasteiger partial charge in [0.05, 0.1) is 39.9 Å². The van der Waals surface area contributed by atoms with Crippen LogP contribution in [0, 0.1) is 0 Å². The third-order valence-electron chi connectivity index (χ3n) is 10.3. The summed E-state index contributed by atoms with van der Waals surface area (Å²) in [6, 6.07) is -0.872. The minimum atomic E-state index is -4.35. The highest BCUT2D eigenvalue weighted by molar-refractivity contribution is 7.47. The van der Waals surface area contributed by atoms with Gasteiger partial charge >= 0.3 is 7.82 Å². The number of quaternary nitrogens is 1. The van der Waals surface area contributed by atoms with Crippen molar-refractivity contribution < 1.29 is 32.9 Å². The van der Waals surface area contributed by atoms with Crippen LogP contribution in [0.1, 0.15) is 162 Å². The van der Waals surface area contributed by atoms with Crippen molar-refractivity contribution in [2.45, 2.75) is 174 Å². The van der Waals surface area contributed by atoms with Crippen molar-refractivity contribution >= 4 is 13.7 Å². The van der Waals surface area contributed by atoms with E-state index in [2.05, 4.69) is 153 Å². The highest BCUT2D eigenvalue weighted by Gasteiger charge is 2.27. The van der Waals surface area contributed by atoms with E-state index in [4.69, 9.17) is 9.05 Å². The molecule has 0 aliphatic carbocycles. The van der Waals surface area contributed by atoms with E-state index in [9.17, 15) is 19.4 Å². The third kappa shape index (κ3) is 50.1. The van der Waals surface area contributed by atoms with Crippen LogP contribution < -0.4 is 5.32 Å². The second-order valence-corrected chi connectivity index (χ2v) is 19.3. The van der Waals surface area contributed by atoms with E-state index in [1.807, 2.05) is 27.2 Å². The Morgan fingerprint density at radius 1 is 0.522 bits per heavy atom. The van der Waals surface area contributed by atoms with Gasteiger partial charge in [-0.2, -0.15) is 0 Å². The number of rotatable bonds is 44. The highest BCUT2D eigenvalue weighted by Crippen LogP contribution is 2.43. The molecule has 0 bridgehead atoms. The number of phosphoric ester groups is 1. The summed E-state index contributed by atoms with van der Waals surface area (Å²) in [6.07, 6.45) is 73.9. The normalized spacial score (nSPS) is 15.3. The van der Waals surface area contributed by atoms with Crippen LogP contribution in [0.3, 0.4) is 0 Å². The van der Waals surface area contributed by atoms with Gasteiger partial charge in [-0.3, -0.25) is 13.8 Å². The predicted octanol–water partition coefficient (Wildman–Crippen LogP) is 15.4. The van der Waals surface area contributed by atoms with E-state index in [0.29, 0.717) is 23.9 Å². The van der Waals surface area contributed by atoms with E-state index in [0.717, 1.165) is 109 Å². The van der Waals surface area contributed by atoms with Gasteiger partial charge in [-0.05, 0) is 103 Å². The Kier molecular flexibility index (Phi) is 44.9. The number of carbonyl (C=O) groups excluding carboxylic acids is 1. The second-order valence-electron chi connectivity index (χ2n) is 17.8. The predicted molar refractivity (Wildman–Crippen MR) is 290 cm³/mol. The minimum absolute atomic E-state index is 0.0460. The Morgan fingerprint density at radius 2 is 0.896 bits per heavy atom. The first-order valence-corrected chi connectivity index (χ1v) is 27.2. The summed E-state index contributed by atoms with van der Waals surface area (Å²) in [6.45, 7) is 4.59. The van der Waals surface area contributed by atoms with Gasteiger partial charge in [0.25, 0.3) is 0 Å². The standard InChI is InChI=1S/C58H95N2O6P/c1-6-8-10-12-14-16-17-18-19-20-21-22-23-24-25-26-27-28-29-30-31-32-33-34-35-36-37-38-39-40-41-42-43-44-46-48-50-52-58(62)59-56(55-66-67(63,64)65-54-53-60(3,4)5)57(61)51-49-47-45-15-13-11-9-7-2/h8,10,14,16,18-19,21-22,24-25,27-28,30-31,33-34,36-37,39-40,42-43,49,51,56-57,61H,6-7,9,11-13,15,17,20,23,26,29,32,35,38,41,44-48,50,52-55H2,1-5H3,(H-,59,62,63,64)/p+1/b10-8-,16-14-,19-18-,22-21-,25-24-,28-27-,31-30-,34-33-,37-36-,40-39-,43-42-,51-49+. The molecule has 0 rings (SSSR count). The number of aliphatic hydroxyl groups excluding tert-OH is 1. The van der Waals surface area contributed by atoms with Gasteiger partial charge in [0.2, 0.25) is 5.91 Å². The fourth-order valence-corrected chi connectivity index (χ4v) is 7.01. The Morgan fingerprint density at radius 3 is 1.31 bits per heavy atom. The van der Waals surface area contributed by atoms with Gasteiger partial charge in [0.15, 0.2) is 0 Å². The Hall–Kier alpha value is -3.62. The molecule has 1 amide bonds. The summed E-state index contributed by atoms with van der Waals surface area (Å²) < 4.78 is 23.5. The molecular formula is C58H96N2O6P+. The molecule has 3 N–H and O–H groups in total. The molecule has 378 valence electrons. The maximum absolute atomic E-state index is 12.8. The Labute approximate surface area is 410 Å². The number of aliphatic hydroxyl groups is 1. The van der Waals surface area contributed by atoms with Gasteiger partial charge < -0.3 is 19.8 Å². The minimum Gasteiger partial charge on any atom is -0.387 e. The molecule has 0 fully saturated rings. The summed E-state index contributed by atoms with van der Waals surface area (Å²) >= 11 is 0. The van der Waals surface area contributed by atoms with Crippen LogP contribution in [-0.4, -0.2) is 73.4 Å². The second kappa shape index (κ2) is 47.4. The van der Waals surface area contributed by atoms with E-state index >= 15 is 0 Å². The molecule has 3 unspecified atom stereocenters. The first-order chi connectivity index (χ1) is 32.5. The van der Waals surface area contributed by atoms with Gasteiger partial charge in [0, 0.05) is 6.42 Å². The molecule has 3 atom stereocenters. The van der Waals surface area contributed by atoms with E-state index in [1.54, 1.807) is 6.08 Å². The van der Waals surface area contributed by atoms with Crippen molar-refractivity contribution in [2.24, 2.45) is 0 Å². The lowest BCUT2D eigenvalue weighted by Gasteiger charge is -2.25. The van der Waals surface area contributed by atoms with Gasteiger partial charge in [-0.15, -0.1) is 0 Å². The van der Waals surface area contributed by atoms with Crippen molar-refractivity contribution in [3.63, 3.8) is 0 Å². The number of unbranched alkanes of at least 4 members (excludes halogenated alkanes) is 9. The fraction of sp³-hybridized carbons (Fsp3) is 0.569. The SMILES string of the molecule is CC/C=C\C/C=C\C/C=C\C/C=C\C/C=C\C/C=C\C/C=C\C/C=C\C/C=C\C/C=C\C/C=C\CCCCCC(=O)NC(COP(=O)(O)OCC[N+](C)(C)C)C(O)/C=C/CCCCCCCC.